The van der Waals surface area contributed by atoms with E-state index < -0.39 is 11.4 Å². The number of aliphatic carboxylic acids is 1. The molecule has 140 valence electrons. The summed E-state index contributed by atoms with van der Waals surface area (Å²) in [6.45, 7) is 1.04. The van der Waals surface area contributed by atoms with Crippen molar-refractivity contribution in [2.45, 2.75) is 6.42 Å². The zero-order chi connectivity index (χ0) is 18.7. The molecule has 0 bridgehead atoms. The molecule has 26 heavy (non-hydrogen) atoms. The fourth-order valence-corrected chi connectivity index (χ4v) is 3.62. The molecule has 2 fully saturated rings. The standard InChI is InChI=1S/C18H22N2O6/c1-25-14-4-2-3-12(7-14)16(22)19-8-15(21)20-9-13-10-26-6-5-18(13,11-20)17(23)24/h2-4,7,13H,5-6,8-11H2,1H3,(H,19,22)(H,23,24)/t13-,18+/m0/s1. The van der Waals surface area contributed by atoms with Gasteiger partial charge in [0.25, 0.3) is 5.91 Å². The lowest BCUT2D eigenvalue weighted by molar-refractivity contribution is -0.157. The maximum Gasteiger partial charge on any atom is 0.311 e. The number of hydrogen-bond acceptors (Lipinski definition) is 5. The van der Waals surface area contributed by atoms with E-state index >= 15 is 0 Å². The second kappa shape index (κ2) is 7.33. The van der Waals surface area contributed by atoms with Gasteiger partial charge >= 0.3 is 5.97 Å². The highest BCUT2D eigenvalue weighted by atomic mass is 16.5. The normalized spacial score (nSPS) is 24.7. The third-order valence-corrected chi connectivity index (χ3v) is 5.22. The van der Waals surface area contributed by atoms with E-state index in [1.165, 1.54) is 12.0 Å². The maximum absolute atomic E-state index is 12.5. The average molecular weight is 362 g/mol. The van der Waals surface area contributed by atoms with Crippen LogP contribution in [0.3, 0.4) is 0 Å². The Hall–Kier alpha value is -2.61. The van der Waals surface area contributed by atoms with Crippen LogP contribution in [0.5, 0.6) is 5.75 Å². The molecule has 8 nitrogen and oxygen atoms in total. The molecule has 0 saturated carbocycles. The highest BCUT2D eigenvalue weighted by molar-refractivity contribution is 5.96. The number of nitrogens with one attached hydrogen (secondary N) is 1. The first kappa shape index (κ1) is 18.2. The molecule has 2 aliphatic rings. The highest BCUT2D eigenvalue weighted by Gasteiger charge is 2.54. The van der Waals surface area contributed by atoms with Crippen molar-refractivity contribution in [3.8, 4) is 5.75 Å². The highest BCUT2D eigenvalue weighted by Crippen LogP contribution is 2.42. The quantitative estimate of drug-likeness (QED) is 0.784. The number of rotatable bonds is 5. The third kappa shape index (κ3) is 3.37. The molecule has 2 heterocycles. The minimum Gasteiger partial charge on any atom is -0.497 e. The van der Waals surface area contributed by atoms with Gasteiger partial charge < -0.3 is 24.8 Å². The van der Waals surface area contributed by atoms with Crippen molar-refractivity contribution in [3.63, 3.8) is 0 Å². The monoisotopic (exact) mass is 362 g/mol. The van der Waals surface area contributed by atoms with Gasteiger partial charge in [-0.25, -0.2) is 0 Å². The van der Waals surface area contributed by atoms with Gasteiger partial charge in [-0.05, 0) is 24.6 Å². The predicted octanol–water partition coefficient (Wildman–Crippen LogP) is 0.375. The van der Waals surface area contributed by atoms with Crippen molar-refractivity contribution in [1.29, 1.82) is 0 Å². The number of carbonyl (C=O) groups is 3. The zero-order valence-electron chi connectivity index (χ0n) is 14.6. The Morgan fingerprint density at radius 2 is 2.23 bits per heavy atom. The Kier molecular flexibility index (Phi) is 5.13. The molecule has 2 atom stereocenters. The van der Waals surface area contributed by atoms with Crippen molar-refractivity contribution in [2.75, 3.05) is 40.0 Å². The number of carboxylic acids is 1. The van der Waals surface area contributed by atoms with Crippen molar-refractivity contribution in [1.82, 2.24) is 10.2 Å². The number of fused-ring (bicyclic) bond motifs is 1. The number of nitrogens with zero attached hydrogens (tertiary/aromatic N) is 1. The third-order valence-electron chi connectivity index (χ3n) is 5.22. The summed E-state index contributed by atoms with van der Waals surface area (Å²) < 4.78 is 10.5. The Balaban J connectivity index is 1.60. The van der Waals surface area contributed by atoms with Crippen LogP contribution in [0.1, 0.15) is 16.8 Å². The molecule has 2 N–H and O–H groups in total. The smallest absolute Gasteiger partial charge is 0.311 e. The molecular weight excluding hydrogens is 340 g/mol. The summed E-state index contributed by atoms with van der Waals surface area (Å²) in [6.07, 6.45) is 0.396. The molecule has 0 aromatic heterocycles. The van der Waals surface area contributed by atoms with Crippen LogP contribution in [0.4, 0.5) is 0 Å². The van der Waals surface area contributed by atoms with E-state index in [4.69, 9.17) is 9.47 Å². The second-order valence-electron chi connectivity index (χ2n) is 6.67. The number of ether oxygens (including phenoxy) is 2. The van der Waals surface area contributed by atoms with Gasteiger partial charge in [0.15, 0.2) is 0 Å². The van der Waals surface area contributed by atoms with Gasteiger partial charge in [0, 0.05) is 31.2 Å². The maximum atomic E-state index is 12.5. The summed E-state index contributed by atoms with van der Waals surface area (Å²) in [4.78, 5) is 37.9. The van der Waals surface area contributed by atoms with Crippen LogP contribution in [0.25, 0.3) is 0 Å². The summed E-state index contributed by atoms with van der Waals surface area (Å²) in [5, 5.41) is 12.2. The summed E-state index contributed by atoms with van der Waals surface area (Å²) in [7, 11) is 1.51. The number of likely N-dealkylation sites (tertiary alicyclic amines) is 1. The van der Waals surface area contributed by atoms with Gasteiger partial charge in [0.05, 0.1) is 25.7 Å². The van der Waals surface area contributed by atoms with Gasteiger partial charge in [-0.2, -0.15) is 0 Å². The Labute approximate surface area is 151 Å². The average Bonchev–Trinajstić information content (AvgIpc) is 3.07. The van der Waals surface area contributed by atoms with Gasteiger partial charge in [-0.1, -0.05) is 6.07 Å². The van der Waals surface area contributed by atoms with Gasteiger partial charge in [0.2, 0.25) is 5.91 Å². The van der Waals surface area contributed by atoms with E-state index in [1.54, 1.807) is 24.3 Å². The van der Waals surface area contributed by atoms with Crippen molar-refractivity contribution >= 4 is 17.8 Å². The van der Waals surface area contributed by atoms with E-state index in [-0.39, 0.29) is 30.8 Å². The van der Waals surface area contributed by atoms with Crippen LogP contribution in [-0.4, -0.2) is 67.7 Å². The van der Waals surface area contributed by atoms with Crippen LogP contribution >= 0.6 is 0 Å². The minimum absolute atomic E-state index is 0.157. The fraction of sp³-hybridized carbons (Fsp3) is 0.500. The first-order valence-electron chi connectivity index (χ1n) is 8.47. The summed E-state index contributed by atoms with van der Waals surface area (Å²) >= 11 is 0. The molecule has 8 heteroatoms. The van der Waals surface area contributed by atoms with Crippen molar-refractivity contribution < 1.29 is 29.0 Å². The molecule has 0 unspecified atom stereocenters. The Morgan fingerprint density at radius 1 is 1.42 bits per heavy atom. The molecule has 2 aliphatic heterocycles. The number of carbonyl (C=O) groups excluding carboxylic acids is 2. The molecule has 3 rings (SSSR count). The molecule has 0 aliphatic carbocycles. The molecule has 1 aromatic carbocycles. The first-order valence-corrected chi connectivity index (χ1v) is 8.47. The summed E-state index contributed by atoms with van der Waals surface area (Å²) in [5.41, 5.74) is -0.548. The number of methoxy groups -OCH3 is 1. The molecule has 0 spiro atoms. The van der Waals surface area contributed by atoms with Crippen LogP contribution in [0.15, 0.2) is 24.3 Å². The number of amides is 2. The predicted molar refractivity (Wildman–Crippen MR) is 90.9 cm³/mol. The lowest BCUT2D eigenvalue weighted by Gasteiger charge is -2.33. The molecule has 0 radical (unpaired) electrons. The topological polar surface area (TPSA) is 105 Å². The largest absolute Gasteiger partial charge is 0.497 e. The van der Waals surface area contributed by atoms with Gasteiger partial charge in [-0.3, -0.25) is 14.4 Å². The second-order valence-corrected chi connectivity index (χ2v) is 6.67. The SMILES string of the molecule is COc1cccc(C(=O)NCC(=O)N2C[C@H]3COCC[C@@]3(C(=O)O)C2)c1. The van der Waals surface area contributed by atoms with E-state index in [2.05, 4.69) is 5.32 Å². The fourth-order valence-electron chi connectivity index (χ4n) is 3.62. The van der Waals surface area contributed by atoms with Crippen LogP contribution in [0.2, 0.25) is 0 Å². The van der Waals surface area contributed by atoms with E-state index in [0.29, 0.717) is 37.5 Å². The van der Waals surface area contributed by atoms with Crippen LogP contribution in [-0.2, 0) is 14.3 Å². The van der Waals surface area contributed by atoms with Gasteiger partial charge in [-0.15, -0.1) is 0 Å². The van der Waals surface area contributed by atoms with Gasteiger partial charge in [0.1, 0.15) is 5.75 Å². The molecule has 1 aromatic rings. The van der Waals surface area contributed by atoms with Crippen molar-refractivity contribution in [3.05, 3.63) is 29.8 Å². The zero-order valence-corrected chi connectivity index (χ0v) is 14.6. The Bertz CT molecular complexity index is 721. The number of benzene rings is 1. The van der Waals surface area contributed by atoms with E-state index in [1.807, 2.05) is 0 Å². The minimum atomic E-state index is -0.940. The van der Waals surface area contributed by atoms with Crippen LogP contribution < -0.4 is 10.1 Å². The molecule has 2 amide bonds. The number of hydrogen-bond donors (Lipinski definition) is 2. The first-order chi connectivity index (χ1) is 12.5. The van der Waals surface area contributed by atoms with Crippen molar-refractivity contribution in [2.24, 2.45) is 11.3 Å². The number of carboxylic acid groups (broad SMARTS) is 1. The lowest BCUT2D eigenvalue weighted by atomic mass is 9.74. The van der Waals surface area contributed by atoms with E-state index in [0.717, 1.165) is 0 Å². The molecule has 2 saturated heterocycles. The van der Waals surface area contributed by atoms with Crippen LogP contribution in [0, 0.1) is 11.3 Å². The molecular formula is C18H22N2O6. The Morgan fingerprint density at radius 3 is 2.92 bits per heavy atom. The van der Waals surface area contributed by atoms with E-state index in [9.17, 15) is 19.5 Å². The summed E-state index contributed by atoms with van der Waals surface area (Å²) in [5.74, 6) is -1.23. The lowest BCUT2D eigenvalue weighted by Crippen LogP contribution is -2.45. The summed E-state index contributed by atoms with van der Waals surface area (Å²) in [6, 6.07) is 6.63.